The van der Waals surface area contributed by atoms with E-state index in [9.17, 15) is 0 Å². The molecule has 0 saturated heterocycles. The fourth-order valence-electron chi connectivity index (χ4n) is 1.60. The van der Waals surface area contributed by atoms with Gasteiger partial charge in [-0.3, -0.25) is 0 Å². The van der Waals surface area contributed by atoms with Gasteiger partial charge in [0, 0.05) is 12.2 Å². The smallest absolute Gasteiger partial charge is 0.0698 e. The maximum absolute atomic E-state index is 8.54. The van der Waals surface area contributed by atoms with Crippen LogP contribution >= 0.6 is 0 Å². The molecule has 1 aromatic rings. The van der Waals surface area contributed by atoms with E-state index in [1.165, 1.54) is 18.4 Å². The van der Waals surface area contributed by atoms with Gasteiger partial charge < -0.3 is 15.2 Å². The molecule has 0 heterocycles. The zero-order valence-corrected chi connectivity index (χ0v) is 10.6. The predicted molar refractivity (Wildman–Crippen MR) is 71.4 cm³/mol. The molecule has 0 aromatic heterocycles. The summed E-state index contributed by atoms with van der Waals surface area (Å²) < 4.78 is 5.17. The van der Waals surface area contributed by atoms with Gasteiger partial charge in [-0.05, 0) is 30.5 Å². The third kappa shape index (κ3) is 6.29. The fourth-order valence-corrected chi connectivity index (χ4v) is 1.60. The summed E-state index contributed by atoms with van der Waals surface area (Å²) in [6, 6.07) is 8.56. The van der Waals surface area contributed by atoms with Gasteiger partial charge in [-0.15, -0.1) is 0 Å². The summed E-state index contributed by atoms with van der Waals surface area (Å²) in [5.41, 5.74) is 2.52. The summed E-state index contributed by atoms with van der Waals surface area (Å²) in [4.78, 5) is 0. The second kappa shape index (κ2) is 9.02. The van der Waals surface area contributed by atoms with Crippen LogP contribution in [0.1, 0.15) is 25.3 Å². The number of aliphatic hydroxyl groups is 1. The minimum Gasteiger partial charge on any atom is -0.394 e. The molecule has 0 amide bonds. The lowest BCUT2D eigenvalue weighted by Gasteiger charge is -2.07. The molecular weight excluding hydrogens is 214 g/mol. The van der Waals surface area contributed by atoms with Gasteiger partial charge in [0.25, 0.3) is 0 Å². The number of hydrogen-bond acceptors (Lipinski definition) is 3. The van der Waals surface area contributed by atoms with E-state index in [4.69, 9.17) is 9.84 Å². The Morgan fingerprint density at radius 3 is 2.59 bits per heavy atom. The number of anilines is 1. The number of rotatable bonds is 9. The van der Waals surface area contributed by atoms with Gasteiger partial charge in [0.2, 0.25) is 0 Å². The van der Waals surface area contributed by atoms with E-state index in [0.717, 1.165) is 18.7 Å². The second-order valence-corrected chi connectivity index (χ2v) is 4.06. The fraction of sp³-hybridized carbons (Fsp3) is 0.571. The van der Waals surface area contributed by atoms with E-state index >= 15 is 0 Å². The van der Waals surface area contributed by atoms with Gasteiger partial charge >= 0.3 is 0 Å². The molecule has 0 bridgehead atoms. The first kappa shape index (κ1) is 14.0. The molecule has 0 aliphatic carbocycles. The van der Waals surface area contributed by atoms with Crippen molar-refractivity contribution >= 4 is 5.69 Å². The van der Waals surface area contributed by atoms with Crippen LogP contribution in [0, 0.1) is 0 Å². The van der Waals surface area contributed by atoms with Gasteiger partial charge in [0.05, 0.1) is 19.8 Å². The number of unbranched alkanes of at least 4 members (excludes halogenated alkanes) is 1. The van der Waals surface area contributed by atoms with E-state index in [0.29, 0.717) is 13.2 Å². The maximum Gasteiger partial charge on any atom is 0.0698 e. The minimum atomic E-state index is 0.0894. The summed E-state index contributed by atoms with van der Waals surface area (Å²) in [6.45, 7) is 4.11. The molecule has 3 nitrogen and oxygen atoms in total. The maximum atomic E-state index is 8.54. The van der Waals surface area contributed by atoms with Gasteiger partial charge in [0.1, 0.15) is 0 Å². The third-order valence-electron chi connectivity index (χ3n) is 2.58. The van der Waals surface area contributed by atoms with Crippen LogP contribution in [0.25, 0.3) is 0 Å². The number of benzene rings is 1. The van der Waals surface area contributed by atoms with Crippen LogP contribution in [0.3, 0.4) is 0 Å². The van der Waals surface area contributed by atoms with E-state index in [1.54, 1.807) is 0 Å². The Morgan fingerprint density at radius 2 is 1.94 bits per heavy atom. The normalized spacial score (nSPS) is 10.5. The number of nitrogens with one attached hydrogen (secondary N) is 1. The quantitative estimate of drug-likeness (QED) is 0.648. The topological polar surface area (TPSA) is 41.5 Å². The third-order valence-corrected chi connectivity index (χ3v) is 2.58. The van der Waals surface area contributed by atoms with Crippen LogP contribution in [-0.4, -0.2) is 31.5 Å². The SMILES string of the molecule is CCCCc1ccc(NCCOCCO)cc1. The van der Waals surface area contributed by atoms with Gasteiger partial charge in [0.15, 0.2) is 0 Å². The Kier molecular flexibility index (Phi) is 7.43. The van der Waals surface area contributed by atoms with E-state index in [2.05, 4.69) is 36.5 Å². The molecule has 0 aliphatic rings. The first-order valence-electron chi connectivity index (χ1n) is 6.38. The zero-order chi connectivity index (χ0) is 12.3. The second-order valence-electron chi connectivity index (χ2n) is 4.06. The van der Waals surface area contributed by atoms with Crippen molar-refractivity contribution in [3.8, 4) is 0 Å². The van der Waals surface area contributed by atoms with E-state index in [1.807, 2.05) is 0 Å². The summed E-state index contributed by atoms with van der Waals surface area (Å²) in [6.07, 6.45) is 3.65. The average molecular weight is 237 g/mol. The van der Waals surface area contributed by atoms with Crippen LogP contribution in [0.15, 0.2) is 24.3 Å². The number of aliphatic hydroxyl groups excluding tert-OH is 1. The summed E-state index contributed by atoms with van der Waals surface area (Å²) in [7, 11) is 0. The number of hydrogen-bond donors (Lipinski definition) is 2. The van der Waals surface area contributed by atoms with Crippen molar-refractivity contribution in [1.82, 2.24) is 0 Å². The molecule has 17 heavy (non-hydrogen) atoms. The molecule has 0 unspecified atom stereocenters. The molecule has 0 aliphatic heterocycles. The Hall–Kier alpha value is -1.06. The number of ether oxygens (including phenoxy) is 1. The molecule has 96 valence electrons. The molecule has 1 aromatic carbocycles. The lowest BCUT2D eigenvalue weighted by atomic mass is 10.1. The van der Waals surface area contributed by atoms with Gasteiger partial charge in [-0.2, -0.15) is 0 Å². The van der Waals surface area contributed by atoms with Crippen LogP contribution in [0.5, 0.6) is 0 Å². The predicted octanol–water partition coefficient (Wildman–Crippen LogP) is 2.45. The van der Waals surface area contributed by atoms with Gasteiger partial charge in [-0.25, -0.2) is 0 Å². The highest BCUT2D eigenvalue weighted by molar-refractivity contribution is 5.44. The molecule has 0 atom stereocenters. The van der Waals surface area contributed by atoms with Crippen molar-refractivity contribution in [2.45, 2.75) is 26.2 Å². The largest absolute Gasteiger partial charge is 0.394 e. The summed E-state index contributed by atoms with van der Waals surface area (Å²) in [5, 5.41) is 11.8. The highest BCUT2D eigenvalue weighted by Crippen LogP contribution is 2.11. The Labute approximate surface area is 104 Å². The average Bonchev–Trinajstić information content (AvgIpc) is 2.37. The summed E-state index contributed by atoms with van der Waals surface area (Å²) >= 11 is 0. The molecular formula is C14H23NO2. The molecule has 1 rings (SSSR count). The van der Waals surface area contributed by atoms with E-state index in [-0.39, 0.29) is 6.61 Å². The number of aryl methyl sites for hydroxylation is 1. The minimum absolute atomic E-state index is 0.0894. The Balaban J connectivity index is 2.20. The van der Waals surface area contributed by atoms with Crippen LogP contribution in [-0.2, 0) is 11.2 Å². The molecule has 0 radical (unpaired) electrons. The van der Waals surface area contributed by atoms with Crippen molar-refractivity contribution in [2.75, 3.05) is 31.7 Å². The Bertz CT molecular complexity index is 285. The molecule has 0 saturated carbocycles. The molecule has 0 spiro atoms. The van der Waals surface area contributed by atoms with Crippen molar-refractivity contribution in [1.29, 1.82) is 0 Å². The Morgan fingerprint density at radius 1 is 1.18 bits per heavy atom. The monoisotopic (exact) mass is 237 g/mol. The van der Waals surface area contributed by atoms with Crippen molar-refractivity contribution in [3.05, 3.63) is 29.8 Å². The first-order valence-corrected chi connectivity index (χ1v) is 6.38. The highest BCUT2D eigenvalue weighted by Gasteiger charge is 1.94. The standard InChI is InChI=1S/C14H23NO2/c1-2-3-4-13-5-7-14(8-6-13)15-9-11-17-12-10-16/h5-8,15-16H,2-4,9-12H2,1H3. The van der Waals surface area contributed by atoms with Crippen LogP contribution < -0.4 is 5.32 Å². The van der Waals surface area contributed by atoms with E-state index < -0.39 is 0 Å². The van der Waals surface area contributed by atoms with Crippen molar-refractivity contribution < 1.29 is 9.84 Å². The first-order chi connectivity index (χ1) is 8.36. The highest BCUT2D eigenvalue weighted by atomic mass is 16.5. The van der Waals surface area contributed by atoms with Gasteiger partial charge in [-0.1, -0.05) is 25.5 Å². The van der Waals surface area contributed by atoms with Crippen molar-refractivity contribution in [2.24, 2.45) is 0 Å². The molecule has 2 N–H and O–H groups in total. The van der Waals surface area contributed by atoms with Crippen LogP contribution in [0.2, 0.25) is 0 Å². The molecule has 0 fully saturated rings. The lowest BCUT2D eigenvalue weighted by molar-refractivity contribution is 0.0992. The van der Waals surface area contributed by atoms with Crippen LogP contribution in [0.4, 0.5) is 5.69 Å². The molecule has 3 heteroatoms. The zero-order valence-electron chi connectivity index (χ0n) is 10.6. The lowest BCUT2D eigenvalue weighted by Crippen LogP contribution is -2.11. The summed E-state index contributed by atoms with van der Waals surface area (Å²) in [5.74, 6) is 0. The van der Waals surface area contributed by atoms with Crippen molar-refractivity contribution in [3.63, 3.8) is 0 Å².